The highest BCUT2D eigenvalue weighted by molar-refractivity contribution is 5.83. The fourth-order valence-electron chi connectivity index (χ4n) is 5.01. The van der Waals surface area contributed by atoms with Gasteiger partial charge in [0.1, 0.15) is 6.61 Å². The number of carbonyl (C=O) groups excluding carboxylic acids is 2. The van der Waals surface area contributed by atoms with Gasteiger partial charge in [0.25, 0.3) is 0 Å². The highest BCUT2D eigenvalue weighted by Gasteiger charge is 2.35. The number of benzene rings is 2. The number of nitrogens with one attached hydrogen (secondary N) is 1. The molecule has 1 heterocycles. The van der Waals surface area contributed by atoms with Gasteiger partial charge in [0, 0.05) is 12.5 Å². The van der Waals surface area contributed by atoms with Gasteiger partial charge in [-0.1, -0.05) is 60.7 Å². The topological polar surface area (TPSA) is 105 Å². The standard InChI is InChI=1S/C26H26N2O6/c29-24(28-11-12-33-23(14-28)25(30)31)16-9-10-17(13-16)27-26(32)34-15-22-20-7-3-1-5-18(20)19-6-2-4-8-21(19)22/h1-10,16-17,22-23H,11-15H2,(H,27,32)(H,30,31). The maximum absolute atomic E-state index is 12.8. The van der Waals surface area contributed by atoms with Crippen molar-refractivity contribution in [2.75, 3.05) is 26.3 Å². The first-order valence-corrected chi connectivity index (χ1v) is 11.4. The van der Waals surface area contributed by atoms with Crippen molar-refractivity contribution in [1.82, 2.24) is 10.2 Å². The van der Waals surface area contributed by atoms with E-state index in [4.69, 9.17) is 14.6 Å². The summed E-state index contributed by atoms with van der Waals surface area (Å²) in [5.74, 6) is -1.65. The minimum Gasteiger partial charge on any atom is -0.479 e. The molecular weight excluding hydrogens is 436 g/mol. The van der Waals surface area contributed by atoms with Crippen LogP contribution in [0.5, 0.6) is 0 Å². The van der Waals surface area contributed by atoms with Gasteiger partial charge in [-0.3, -0.25) is 4.79 Å². The number of fused-ring (bicyclic) bond motifs is 3. The molecule has 2 N–H and O–H groups in total. The Labute approximate surface area is 197 Å². The number of amides is 2. The second-order valence-electron chi connectivity index (χ2n) is 8.79. The Morgan fingerprint density at radius 2 is 1.71 bits per heavy atom. The predicted molar refractivity (Wildman–Crippen MR) is 123 cm³/mol. The van der Waals surface area contributed by atoms with Crippen molar-refractivity contribution in [3.63, 3.8) is 0 Å². The number of morpholine rings is 1. The molecule has 3 aliphatic rings. The molecule has 0 radical (unpaired) electrons. The SMILES string of the molecule is O=C(NC1C=CC(C(=O)N2CCOC(C(=O)O)C2)C1)OCC1c2ccccc2-c2ccccc21. The summed E-state index contributed by atoms with van der Waals surface area (Å²) in [7, 11) is 0. The number of aliphatic carboxylic acids is 1. The number of carboxylic acid groups (broad SMARTS) is 1. The van der Waals surface area contributed by atoms with Gasteiger partial charge in [-0.25, -0.2) is 9.59 Å². The normalized spacial score (nSPS) is 23.3. The van der Waals surface area contributed by atoms with E-state index in [0.29, 0.717) is 13.0 Å². The molecule has 0 bridgehead atoms. The van der Waals surface area contributed by atoms with E-state index in [1.165, 1.54) is 16.0 Å². The first-order valence-electron chi connectivity index (χ1n) is 11.4. The van der Waals surface area contributed by atoms with Crippen molar-refractivity contribution in [3.05, 3.63) is 71.8 Å². The Bertz CT molecular complexity index is 1100. The van der Waals surface area contributed by atoms with Gasteiger partial charge >= 0.3 is 12.1 Å². The smallest absolute Gasteiger partial charge is 0.407 e. The number of carbonyl (C=O) groups is 3. The summed E-state index contributed by atoms with van der Waals surface area (Å²) in [5.41, 5.74) is 4.63. The van der Waals surface area contributed by atoms with Crippen molar-refractivity contribution in [2.45, 2.75) is 24.5 Å². The Balaban J connectivity index is 1.14. The van der Waals surface area contributed by atoms with E-state index in [1.807, 2.05) is 24.3 Å². The van der Waals surface area contributed by atoms with Crippen LogP contribution in [0, 0.1) is 5.92 Å². The Hall–Kier alpha value is -3.65. The Morgan fingerprint density at radius 1 is 1.03 bits per heavy atom. The lowest BCUT2D eigenvalue weighted by atomic mass is 9.98. The molecule has 2 aromatic rings. The van der Waals surface area contributed by atoms with Crippen molar-refractivity contribution in [1.29, 1.82) is 0 Å². The van der Waals surface area contributed by atoms with Crippen LogP contribution in [0.2, 0.25) is 0 Å². The highest BCUT2D eigenvalue weighted by atomic mass is 16.5. The number of alkyl carbamates (subject to hydrolysis) is 1. The molecule has 176 valence electrons. The lowest BCUT2D eigenvalue weighted by molar-refractivity contribution is -0.160. The fraction of sp³-hybridized carbons (Fsp3) is 0.346. The molecule has 0 aromatic heterocycles. The van der Waals surface area contributed by atoms with Crippen LogP contribution >= 0.6 is 0 Å². The van der Waals surface area contributed by atoms with E-state index < -0.39 is 24.1 Å². The maximum Gasteiger partial charge on any atom is 0.407 e. The first-order chi connectivity index (χ1) is 16.5. The van der Waals surface area contributed by atoms with Crippen LogP contribution in [-0.4, -0.2) is 66.4 Å². The fourth-order valence-corrected chi connectivity index (χ4v) is 5.01. The number of rotatable bonds is 5. The zero-order valence-electron chi connectivity index (χ0n) is 18.6. The summed E-state index contributed by atoms with van der Waals surface area (Å²) in [6.07, 6.45) is 2.44. The molecule has 1 fully saturated rings. The maximum atomic E-state index is 12.8. The zero-order chi connectivity index (χ0) is 23.7. The Morgan fingerprint density at radius 3 is 2.38 bits per heavy atom. The van der Waals surface area contributed by atoms with E-state index in [-0.39, 0.29) is 37.6 Å². The molecule has 1 aliphatic heterocycles. The average Bonchev–Trinajstić information content (AvgIpc) is 3.45. The van der Waals surface area contributed by atoms with Crippen molar-refractivity contribution in [2.24, 2.45) is 5.92 Å². The van der Waals surface area contributed by atoms with Gasteiger partial charge in [0.05, 0.1) is 25.1 Å². The van der Waals surface area contributed by atoms with Gasteiger partial charge in [-0.15, -0.1) is 0 Å². The molecule has 2 amide bonds. The molecule has 2 aromatic carbocycles. The second-order valence-corrected chi connectivity index (χ2v) is 8.79. The van der Waals surface area contributed by atoms with Gasteiger partial charge in [-0.2, -0.15) is 0 Å². The molecule has 0 spiro atoms. The number of hydrogen-bond acceptors (Lipinski definition) is 5. The van der Waals surface area contributed by atoms with Crippen LogP contribution in [0.4, 0.5) is 4.79 Å². The summed E-state index contributed by atoms with van der Waals surface area (Å²) in [5, 5.41) is 12.0. The predicted octanol–water partition coefficient (Wildman–Crippen LogP) is 2.78. The lowest BCUT2D eigenvalue weighted by Crippen LogP contribution is -2.50. The molecule has 5 rings (SSSR count). The van der Waals surface area contributed by atoms with Gasteiger partial charge < -0.3 is 24.8 Å². The summed E-state index contributed by atoms with van der Waals surface area (Å²) >= 11 is 0. The van der Waals surface area contributed by atoms with Crippen LogP contribution < -0.4 is 5.32 Å². The molecule has 2 aliphatic carbocycles. The monoisotopic (exact) mass is 462 g/mol. The number of carboxylic acids is 1. The molecule has 3 unspecified atom stereocenters. The highest BCUT2D eigenvalue weighted by Crippen LogP contribution is 2.44. The molecule has 3 atom stereocenters. The second kappa shape index (κ2) is 9.30. The van der Waals surface area contributed by atoms with Crippen LogP contribution in [0.15, 0.2) is 60.7 Å². The van der Waals surface area contributed by atoms with Gasteiger partial charge in [0.15, 0.2) is 6.10 Å². The van der Waals surface area contributed by atoms with Gasteiger partial charge in [-0.05, 0) is 28.7 Å². The van der Waals surface area contributed by atoms with Crippen LogP contribution in [0.3, 0.4) is 0 Å². The third-order valence-electron chi connectivity index (χ3n) is 6.70. The molecule has 0 saturated carbocycles. The number of nitrogens with zero attached hydrogens (tertiary/aromatic N) is 1. The van der Waals surface area contributed by atoms with Crippen molar-refractivity contribution >= 4 is 18.0 Å². The number of ether oxygens (including phenoxy) is 2. The summed E-state index contributed by atoms with van der Waals surface area (Å²) in [6, 6.07) is 16.0. The summed E-state index contributed by atoms with van der Waals surface area (Å²) in [4.78, 5) is 38.0. The zero-order valence-corrected chi connectivity index (χ0v) is 18.6. The largest absolute Gasteiger partial charge is 0.479 e. The van der Waals surface area contributed by atoms with Crippen LogP contribution in [0.1, 0.15) is 23.5 Å². The summed E-state index contributed by atoms with van der Waals surface area (Å²) < 4.78 is 10.8. The first kappa shape index (κ1) is 22.2. The van der Waals surface area contributed by atoms with E-state index in [2.05, 4.69) is 29.6 Å². The molecule has 8 nitrogen and oxygen atoms in total. The molecule has 8 heteroatoms. The Kier molecular flexibility index (Phi) is 6.06. The lowest BCUT2D eigenvalue weighted by Gasteiger charge is -2.32. The quantitative estimate of drug-likeness (QED) is 0.662. The van der Waals surface area contributed by atoms with E-state index >= 15 is 0 Å². The minimum absolute atomic E-state index is 0.0184. The van der Waals surface area contributed by atoms with E-state index in [0.717, 1.165) is 11.1 Å². The minimum atomic E-state index is -1.07. The number of hydrogen-bond donors (Lipinski definition) is 2. The molecule has 1 saturated heterocycles. The van der Waals surface area contributed by atoms with Crippen LogP contribution in [-0.2, 0) is 19.1 Å². The molecular formula is C26H26N2O6. The van der Waals surface area contributed by atoms with Crippen molar-refractivity contribution < 1.29 is 29.0 Å². The van der Waals surface area contributed by atoms with E-state index in [9.17, 15) is 14.4 Å². The van der Waals surface area contributed by atoms with Crippen molar-refractivity contribution in [3.8, 4) is 11.1 Å². The van der Waals surface area contributed by atoms with Crippen LogP contribution in [0.25, 0.3) is 11.1 Å². The average molecular weight is 463 g/mol. The van der Waals surface area contributed by atoms with E-state index in [1.54, 1.807) is 12.2 Å². The van der Waals surface area contributed by atoms with Gasteiger partial charge in [0.2, 0.25) is 5.91 Å². The molecule has 34 heavy (non-hydrogen) atoms. The third kappa shape index (κ3) is 4.28. The summed E-state index contributed by atoms with van der Waals surface area (Å²) in [6.45, 7) is 0.810. The third-order valence-corrected chi connectivity index (χ3v) is 6.70.